The molecule has 0 aromatic carbocycles. The van der Waals surface area contributed by atoms with Crippen LogP contribution in [-0.4, -0.2) is 51.1 Å². The van der Waals surface area contributed by atoms with Gasteiger partial charge >= 0.3 is 0 Å². The molecule has 5 nitrogen and oxygen atoms in total. The van der Waals surface area contributed by atoms with Crippen molar-refractivity contribution in [2.45, 2.75) is 50.2 Å². The smallest absolute Gasteiger partial charge is 0.261 e. The molecule has 2 heterocycles. The lowest BCUT2D eigenvalue weighted by atomic mass is 9.77. The van der Waals surface area contributed by atoms with Crippen LogP contribution in [0.3, 0.4) is 0 Å². The van der Waals surface area contributed by atoms with Crippen molar-refractivity contribution in [3.63, 3.8) is 0 Å². The molecule has 0 saturated carbocycles. The Morgan fingerprint density at radius 1 is 1.29 bits per heavy atom. The summed E-state index contributed by atoms with van der Waals surface area (Å²) in [6.45, 7) is 2.00. The standard InChI is InChI=1S/C14H26F2N2O3/c15-13(16)10-20-5-2-12(18-17)11-1-6-21-14(9-11)3-7-19-8-4-14/h11-13,18H,1-10,17H2. The van der Waals surface area contributed by atoms with E-state index in [1.54, 1.807) is 0 Å². The van der Waals surface area contributed by atoms with Crippen LogP contribution < -0.4 is 11.3 Å². The van der Waals surface area contributed by atoms with Gasteiger partial charge in [0.05, 0.1) is 5.60 Å². The van der Waals surface area contributed by atoms with Gasteiger partial charge in [-0.1, -0.05) is 0 Å². The first kappa shape index (κ1) is 17.0. The first-order valence-corrected chi connectivity index (χ1v) is 7.69. The van der Waals surface area contributed by atoms with Gasteiger partial charge < -0.3 is 14.2 Å². The van der Waals surface area contributed by atoms with Crippen molar-refractivity contribution in [1.29, 1.82) is 0 Å². The van der Waals surface area contributed by atoms with Gasteiger partial charge in [0.1, 0.15) is 6.61 Å². The Labute approximate surface area is 124 Å². The third-order valence-corrected chi connectivity index (χ3v) is 4.54. The number of alkyl halides is 2. The van der Waals surface area contributed by atoms with Gasteiger partial charge in [0.25, 0.3) is 6.43 Å². The summed E-state index contributed by atoms with van der Waals surface area (Å²) in [7, 11) is 0. The van der Waals surface area contributed by atoms with Gasteiger partial charge in [0, 0.05) is 32.5 Å². The number of halogens is 2. The van der Waals surface area contributed by atoms with Crippen LogP contribution in [0, 0.1) is 5.92 Å². The average Bonchev–Trinajstić information content (AvgIpc) is 2.48. The molecule has 2 atom stereocenters. The normalized spacial score (nSPS) is 27.1. The van der Waals surface area contributed by atoms with Crippen molar-refractivity contribution in [3.8, 4) is 0 Å². The molecule has 2 aliphatic rings. The summed E-state index contributed by atoms with van der Waals surface area (Å²) >= 11 is 0. The zero-order chi connectivity index (χ0) is 15.1. The lowest BCUT2D eigenvalue weighted by molar-refractivity contribution is -0.150. The van der Waals surface area contributed by atoms with Crippen molar-refractivity contribution in [2.75, 3.05) is 33.0 Å². The minimum absolute atomic E-state index is 0.0753. The number of hydrogen-bond donors (Lipinski definition) is 2. The van der Waals surface area contributed by atoms with Crippen LogP contribution in [0.5, 0.6) is 0 Å². The molecule has 3 N–H and O–H groups in total. The molecule has 0 aliphatic carbocycles. The van der Waals surface area contributed by atoms with Crippen LogP contribution in [0.25, 0.3) is 0 Å². The van der Waals surface area contributed by atoms with Crippen LogP contribution in [0.4, 0.5) is 8.78 Å². The van der Waals surface area contributed by atoms with Crippen LogP contribution in [0.15, 0.2) is 0 Å². The molecule has 124 valence electrons. The summed E-state index contributed by atoms with van der Waals surface area (Å²) in [6.07, 6.45) is 1.95. The van der Waals surface area contributed by atoms with Gasteiger partial charge in [0.15, 0.2) is 0 Å². The molecule has 1 spiro atoms. The highest BCUT2D eigenvalue weighted by Crippen LogP contribution is 2.38. The molecule has 2 fully saturated rings. The Morgan fingerprint density at radius 3 is 2.71 bits per heavy atom. The van der Waals surface area contributed by atoms with E-state index in [0.29, 0.717) is 18.9 Å². The number of hydrazine groups is 1. The van der Waals surface area contributed by atoms with E-state index in [0.717, 1.165) is 45.5 Å². The molecule has 2 aliphatic heterocycles. The maximum atomic E-state index is 12.0. The van der Waals surface area contributed by atoms with E-state index in [1.165, 1.54) is 0 Å². The molecule has 21 heavy (non-hydrogen) atoms. The molecular formula is C14H26F2N2O3. The third-order valence-electron chi connectivity index (χ3n) is 4.54. The molecule has 2 rings (SSSR count). The van der Waals surface area contributed by atoms with Crippen LogP contribution in [-0.2, 0) is 14.2 Å². The predicted molar refractivity (Wildman–Crippen MR) is 74.0 cm³/mol. The molecule has 0 bridgehead atoms. The second-order valence-electron chi connectivity index (χ2n) is 5.92. The fourth-order valence-electron chi connectivity index (χ4n) is 3.34. The van der Waals surface area contributed by atoms with Crippen molar-refractivity contribution in [3.05, 3.63) is 0 Å². The first-order valence-electron chi connectivity index (χ1n) is 7.69. The van der Waals surface area contributed by atoms with Crippen LogP contribution >= 0.6 is 0 Å². The number of nitrogens with one attached hydrogen (secondary N) is 1. The topological polar surface area (TPSA) is 65.7 Å². The van der Waals surface area contributed by atoms with Crippen LogP contribution in [0.2, 0.25) is 0 Å². The van der Waals surface area contributed by atoms with E-state index in [1.807, 2.05) is 0 Å². The largest absolute Gasteiger partial charge is 0.381 e. The van der Waals surface area contributed by atoms with E-state index in [9.17, 15) is 8.78 Å². The highest BCUT2D eigenvalue weighted by molar-refractivity contribution is 4.92. The van der Waals surface area contributed by atoms with Gasteiger partial charge in [-0.2, -0.15) is 0 Å². The predicted octanol–water partition coefficient (Wildman–Crippen LogP) is 1.47. The second kappa shape index (κ2) is 8.33. The van der Waals surface area contributed by atoms with Crippen molar-refractivity contribution in [2.24, 2.45) is 11.8 Å². The van der Waals surface area contributed by atoms with Crippen molar-refractivity contribution < 1.29 is 23.0 Å². The Kier molecular flexibility index (Phi) is 6.75. The van der Waals surface area contributed by atoms with E-state index in [4.69, 9.17) is 20.1 Å². The first-order chi connectivity index (χ1) is 10.2. The van der Waals surface area contributed by atoms with Gasteiger partial charge in [-0.05, 0) is 38.0 Å². The quantitative estimate of drug-likeness (QED) is 0.423. The maximum Gasteiger partial charge on any atom is 0.261 e. The summed E-state index contributed by atoms with van der Waals surface area (Å²) in [6, 6.07) is 0.0753. The minimum atomic E-state index is -2.41. The molecule has 2 saturated heterocycles. The summed E-state index contributed by atoms with van der Waals surface area (Å²) in [4.78, 5) is 0. The van der Waals surface area contributed by atoms with Crippen molar-refractivity contribution >= 4 is 0 Å². The van der Waals surface area contributed by atoms with E-state index in [-0.39, 0.29) is 11.6 Å². The molecule has 0 amide bonds. The van der Waals surface area contributed by atoms with E-state index in [2.05, 4.69) is 5.43 Å². The molecular weight excluding hydrogens is 282 g/mol. The Hall–Kier alpha value is -0.340. The molecule has 0 aromatic heterocycles. The third kappa shape index (κ3) is 5.10. The Bertz CT molecular complexity index is 296. The van der Waals surface area contributed by atoms with Crippen molar-refractivity contribution in [1.82, 2.24) is 5.43 Å². The number of hydrogen-bond acceptors (Lipinski definition) is 5. The Balaban J connectivity index is 1.80. The van der Waals surface area contributed by atoms with Gasteiger partial charge in [-0.15, -0.1) is 0 Å². The molecule has 2 unspecified atom stereocenters. The van der Waals surface area contributed by atoms with E-state index < -0.39 is 13.0 Å². The lowest BCUT2D eigenvalue weighted by Gasteiger charge is -2.45. The number of ether oxygens (including phenoxy) is 3. The monoisotopic (exact) mass is 308 g/mol. The summed E-state index contributed by atoms with van der Waals surface area (Å²) in [5.74, 6) is 6.03. The van der Waals surface area contributed by atoms with Crippen LogP contribution in [0.1, 0.15) is 32.1 Å². The highest BCUT2D eigenvalue weighted by atomic mass is 19.3. The zero-order valence-electron chi connectivity index (χ0n) is 12.4. The fraction of sp³-hybridized carbons (Fsp3) is 1.00. The SMILES string of the molecule is NNC(CCOCC(F)F)C1CCOC2(CCOCC2)C1. The minimum Gasteiger partial charge on any atom is -0.381 e. The summed E-state index contributed by atoms with van der Waals surface area (Å²) in [5.41, 5.74) is 2.74. The van der Waals surface area contributed by atoms with Gasteiger partial charge in [0.2, 0.25) is 0 Å². The Morgan fingerprint density at radius 2 is 2.05 bits per heavy atom. The zero-order valence-corrected chi connectivity index (χ0v) is 12.4. The number of nitrogens with two attached hydrogens (primary N) is 1. The highest BCUT2D eigenvalue weighted by Gasteiger charge is 2.40. The molecule has 7 heteroatoms. The number of rotatable bonds is 7. The molecule has 0 aromatic rings. The lowest BCUT2D eigenvalue weighted by Crippen LogP contribution is -2.51. The van der Waals surface area contributed by atoms with Gasteiger partial charge in [-0.25, -0.2) is 8.78 Å². The van der Waals surface area contributed by atoms with Gasteiger partial charge in [-0.3, -0.25) is 11.3 Å². The summed E-state index contributed by atoms with van der Waals surface area (Å²) in [5, 5.41) is 0. The summed E-state index contributed by atoms with van der Waals surface area (Å²) < 4.78 is 40.5. The fourth-order valence-corrected chi connectivity index (χ4v) is 3.34. The second-order valence-corrected chi connectivity index (χ2v) is 5.92. The average molecular weight is 308 g/mol. The maximum absolute atomic E-state index is 12.0. The molecule has 0 radical (unpaired) electrons. The van der Waals surface area contributed by atoms with E-state index >= 15 is 0 Å².